The lowest BCUT2D eigenvalue weighted by atomic mass is 9.99. The van der Waals surface area contributed by atoms with E-state index in [1.54, 1.807) is 30.3 Å². The van der Waals surface area contributed by atoms with Gasteiger partial charge in [-0.3, -0.25) is 18.9 Å². The standard InChI is InChI=1S/C17H21N2O9P/c1-11-8-19(16(22)18-15(11)21)14-7-13(20)17(28-14,10-27-29(23,24)25)9-26-12-5-3-2-4-6-12/h2-6,8,13-14,20H,7,9-10H2,1H3,(H,18,21,22)(H2,23,24,25)/t13-,14+,17+/m0/s1. The zero-order chi connectivity index (χ0) is 21.2. The highest BCUT2D eigenvalue weighted by Crippen LogP contribution is 2.42. The molecule has 1 aromatic carbocycles. The highest BCUT2D eigenvalue weighted by molar-refractivity contribution is 7.46. The molecule has 29 heavy (non-hydrogen) atoms. The van der Waals surface area contributed by atoms with E-state index in [-0.39, 0.29) is 18.6 Å². The zero-order valence-corrected chi connectivity index (χ0v) is 16.3. The summed E-state index contributed by atoms with van der Waals surface area (Å²) in [7, 11) is -4.86. The maximum absolute atomic E-state index is 12.2. The molecule has 1 aromatic heterocycles. The van der Waals surface area contributed by atoms with Gasteiger partial charge in [0.25, 0.3) is 5.56 Å². The number of H-pyrrole nitrogens is 1. The van der Waals surface area contributed by atoms with Gasteiger partial charge in [-0.1, -0.05) is 18.2 Å². The van der Waals surface area contributed by atoms with E-state index in [0.717, 1.165) is 4.57 Å². The van der Waals surface area contributed by atoms with Crippen LogP contribution in [0.5, 0.6) is 5.75 Å². The van der Waals surface area contributed by atoms with Crippen LogP contribution in [-0.4, -0.2) is 49.4 Å². The van der Waals surface area contributed by atoms with Crippen LogP contribution in [0.15, 0.2) is 46.1 Å². The summed E-state index contributed by atoms with van der Waals surface area (Å²) in [5, 5.41) is 10.6. The summed E-state index contributed by atoms with van der Waals surface area (Å²) < 4.78 is 28.3. The van der Waals surface area contributed by atoms with E-state index >= 15 is 0 Å². The van der Waals surface area contributed by atoms with Crippen molar-refractivity contribution < 1.29 is 33.5 Å². The Hall–Kier alpha value is -2.27. The fourth-order valence-corrected chi connectivity index (χ4v) is 3.38. The maximum atomic E-state index is 12.2. The highest BCUT2D eigenvalue weighted by atomic mass is 31.2. The molecule has 3 atom stereocenters. The van der Waals surface area contributed by atoms with Crippen molar-refractivity contribution >= 4 is 7.82 Å². The number of aryl methyl sites for hydroxylation is 1. The number of ether oxygens (including phenoxy) is 2. The Kier molecular flexibility index (Phi) is 6.08. The van der Waals surface area contributed by atoms with E-state index in [2.05, 4.69) is 9.51 Å². The van der Waals surface area contributed by atoms with Crippen molar-refractivity contribution in [3.05, 3.63) is 62.9 Å². The van der Waals surface area contributed by atoms with Crippen LogP contribution in [-0.2, 0) is 13.8 Å². The van der Waals surface area contributed by atoms with Gasteiger partial charge in [-0.15, -0.1) is 0 Å². The second-order valence-corrected chi connectivity index (χ2v) is 7.97. The summed E-state index contributed by atoms with van der Waals surface area (Å²) in [6, 6.07) is 8.55. The minimum atomic E-state index is -4.86. The third-order valence-electron chi connectivity index (χ3n) is 4.56. The Balaban J connectivity index is 1.88. The number of hydrogen-bond acceptors (Lipinski definition) is 7. The topological polar surface area (TPSA) is 160 Å². The number of aromatic amines is 1. The average molecular weight is 428 g/mol. The Bertz CT molecular complexity index is 1020. The predicted molar refractivity (Wildman–Crippen MR) is 99.5 cm³/mol. The summed E-state index contributed by atoms with van der Waals surface area (Å²) in [5.41, 5.74) is -2.69. The average Bonchev–Trinajstić information content (AvgIpc) is 2.98. The van der Waals surface area contributed by atoms with Crippen LogP contribution < -0.4 is 16.0 Å². The van der Waals surface area contributed by atoms with E-state index in [1.807, 2.05) is 0 Å². The molecular formula is C17H21N2O9P. The first-order chi connectivity index (χ1) is 13.6. The van der Waals surface area contributed by atoms with E-state index in [1.165, 1.54) is 13.1 Å². The lowest BCUT2D eigenvalue weighted by Crippen LogP contribution is -2.49. The van der Waals surface area contributed by atoms with Gasteiger partial charge in [0.05, 0.1) is 12.7 Å². The molecule has 11 nitrogen and oxygen atoms in total. The first-order valence-corrected chi connectivity index (χ1v) is 10.2. The van der Waals surface area contributed by atoms with Gasteiger partial charge in [-0.05, 0) is 19.1 Å². The van der Waals surface area contributed by atoms with Crippen molar-refractivity contribution in [1.29, 1.82) is 0 Å². The molecule has 0 aliphatic carbocycles. The summed E-state index contributed by atoms with van der Waals surface area (Å²) in [6.07, 6.45) is -1.08. The number of benzene rings is 1. The third-order valence-corrected chi connectivity index (χ3v) is 5.03. The van der Waals surface area contributed by atoms with Crippen molar-refractivity contribution in [3.8, 4) is 5.75 Å². The number of phosphoric acid groups is 1. The van der Waals surface area contributed by atoms with Gasteiger partial charge < -0.3 is 24.4 Å². The van der Waals surface area contributed by atoms with Crippen LogP contribution in [0, 0.1) is 6.92 Å². The highest BCUT2D eigenvalue weighted by Gasteiger charge is 2.51. The number of para-hydroxylation sites is 1. The minimum absolute atomic E-state index is 0.0892. The van der Waals surface area contributed by atoms with Crippen LogP contribution >= 0.6 is 7.82 Å². The molecule has 0 radical (unpaired) electrons. The number of aliphatic hydroxyl groups excluding tert-OH is 1. The fourth-order valence-electron chi connectivity index (χ4n) is 2.99. The number of nitrogens with zero attached hydrogens (tertiary/aromatic N) is 1. The molecule has 0 bridgehead atoms. The van der Waals surface area contributed by atoms with Crippen LogP contribution in [0.2, 0.25) is 0 Å². The molecule has 0 amide bonds. The molecule has 2 aromatic rings. The van der Waals surface area contributed by atoms with Gasteiger partial charge in [0.2, 0.25) is 0 Å². The van der Waals surface area contributed by atoms with Crippen LogP contribution in [0.1, 0.15) is 18.2 Å². The molecule has 1 aliphatic heterocycles. The van der Waals surface area contributed by atoms with Gasteiger partial charge in [-0.2, -0.15) is 0 Å². The number of rotatable bonds is 7. The second kappa shape index (κ2) is 8.23. The van der Waals surface area contributed by atoms with Gasteiger partial charge in [0, 0.05) is 18.2 Å². The molecule has 1 aliphatic rings. The van der Waals surface area contributed by atoms with Crippen molar-refractivity contribution in [2.45, 2.75) is 31.3 Å². The molecule has 2 heterocycles. The largest absolute Gasteiger partial charge is 0.490 e. The van der Waals surface area contributed by atoms with Gasteiger partial charge in [-0.25, -0.2) is 9.36 Å². The Morgan fingerprint density at radius 3 is 2.62 bits per heavy atom. The number of hydrogen-bond donors (Lipinski definition) is 4. The van der Waals surface area contributed by atoms with Crippen molar-refractivity contribution in [2.24, 2.45) is 0 Å². The Morgan fingerprint density at radius 1 is 1.28 bits per heavy atom. The lowest BCUT2D eigenvalue weighted by Gasteiger charge is -2.31. The Morgan fingerprint density at radius 2 is 1.97 bits per heavy atom. The van der Waals surface area contributed by atoms with Crippen LogP contribution in [0.25, 0.3) is 0 Å². The van der Waals surface area contributed by atoms with Gasteiger partial charge >= 0.3 is 13.5 Å². The molecule has 0 unspecified atom stereocenters. The molecule has 4 N–H and O–H groups in total. The van der Waals surface area contributed by atoms with E-state index in [4.69, 9.17) is 19.3 Å². The predicted octanol–water partition coefficient (Wildman–Crippen LogP) is 0.0519. The summed E-state index contributed by atoms with van der Waals surface area (Å²) in [4.78, 5) is 44.0. The van der Waals surface area contributed by atoms with E-state index in [9.17, 15) is 19.3 Å². The number of aliphatic hydroxyl groups is 1. The van der Waals surface area contributed by atoms with Gasteiger partial charge in [0.15, 0.2) is 5.60 Å². The third kappa shape index (κ3) is 5.02. The molecule has 1 saturated heterocycles. The number of nitrogens with one attached hydrogen (secondary N) is 1. The summed E-state index contributed by atoms with van der Waals surface area (Å²) in [5.74, 6) is 0.444. The molecule has 158 valence electrons. The van der Waals surface area contributed by atoms with E-state index in [0.29, 0.717) is 5.75 Å². The Labute approximate surface area is 164 Å². The van der Waals surface area contributed by atoms with Crippen LogP contribution in [0.3, 0.4) is 0 Å². The normalized spacial score (nSPS) is 24.6. The number of phosphoric ester groups is 1. The fraction of sp³-hybridized carbons (Fsp3) is 0.412. The number of aromatic nitrogens is 2. The monoisotopic (exact) mass is 428 g/mol. The lowest BCUT2D eigenvalue weighted by molar-refractivity contribution is -0.143. The molecular weight excluding hydrogens is 407 g/mol. The summed E-state index contributed by atoms with van der Waals surface area (Å²) >= 11 is 0. The SMILES string of the molecule is Cc1cn([C@H]2C[C@H](O)[C@@](COc3ccccc3)(COP(=O)(O)O)O2)c(=O)[nH]c1=O. The van der Waals surface area contributed by atoms with Crippen molar-refractivity contribution in [2.75, 3.05) is 13.2 Å². The quantitative estimate of drug-likeness (QED) is 0.447. The van der Waals surface area contributed by atoms with Gasteiger partial charge in [0.1, 0.15) is 18.6 Å². The minimum Gasteiger partial charge on any atom is -0.490 e. The first-order valence-electron chi connectivity index (χ1n) is 8.65. The maximum Gasteiger partial charge on any atom is 0.469 e. The molecule has 0 saturated carbocycles. The molecule has 3 rings (SSSR count). The van der Waals surface area contributed by atoms with Crippen molar-refractivity contribution in [3.63, 3.8) is 0 Å². The van der Waals surface area contributed by atoms with Crippen LogP contribution in [0.4, 0.5) is 0 Å². The summed E-state index contributed by atoms with van der Waals surface area (Å²) in [6.45, 7) is 0.521. The van der Waals surface area contributed by atoms with Crippen molar-refractivity contribution in [1.82, 2.24) is 9.55 Å². The first kappa shape index (κ1) is 21.4. The molecule has 1 fully saturated rings. The second-order valence-electron chi connectivity index (χ2n) is 6.73. The molecule has 0 spiro atoms. The van der Waals surface area contributed by atoms with E-state index < -0.39 is 43.6 Å². The molecule has 12 heteroatoms. The smallest absolute Gasteiger partial charge is 0.469 e. The zero-order valence-electron chi connectivity index (χ0n) is 15.4.